The molecule has 0 radical (unpaired) electrons. The van der Waals surface area contributed by atoms with Crippen LogP contribution in [0.4, 0.5) is 0 Å². The molecule has 0 fully saturated rings. The zero-order chi connectivity index (χ0) is 64.8. The molecule has 530 valence electrons. The predicted octanol–water partition coefficient (Wildman–Crippen LogP) is 25.5. The van der Waals surface area contributed by atoms with Crippen LogP contribution in [0.15, 0.2) is 24.3 Å². The number of aliphatic hydroxyl groups is 1. The molecule has 0 saturated heterocycles. The number of likely N-dealkylation sites (N-methyl/N-ethyl adjacent to an activating group) is 1. The highest BCUT2D eigenvalue weighted by Crippen LogP contribution is 2.38. The van der Waals surface area contributed by atoms with Crippen LogP contribution in [0.3, 0.4) is 0 Å². The van der Waals surface area contributed by atoms with Gasteiger partial charge in [0.25, 0.3) is 7.82 Å². The number of nitrogens with zero attached hydrogens (tertiary/aromatic N) is 1. The second-order valence-corrected chi connectivity index (χ2v) is 30.5. The average Bonchev–Trinajstić information content (AvgIpc) is 3.55. The van der Waals surface area contributed by atoms with Gasteiger partial charge in [0.15, 0.2) is 0 Å². The third-order valence-electron chi connectivity index (χ3n) is 18.9. The van der Waals surface area contributed by atoms with Crippen molar-refractivity contribution < 1.29 is 32.9 Å². The molecule has 89 heavy (non-hydrogen) atoms. The van der Waals surface area contributed by atoms with Gasteiger partial charge in [0, 0.05) is 6.42 Å². The van der Waals surface area contributed by atoms with Crippen molar-refractivity contribution in [1.29, 1.82) is 0 Å². The Hall–Kier alpha value is -1.02. The number of hydrogen-bond donors (Lipinski definition) is 2. The van der Waals surface area contributed by atoms with E-state index in [-0.39, 0.29) is 19.1 Å². The van der Waals surface area contributed by atoms with Gasteiger partial charge in [-0.3, -0.25) is 9.36 Å². The minimum atomic E-state index is -4.58. The number of allylic oxidation sites excluding steroid dienone is 4. The van der Waals surface area contributed by atoms with E-state index >= 15 is 0 Å². The van der Waals surface area contributed by atoms with E-state index in [1.54, 1.807) is 0 Å². The van der Waals surface area contributed by atoms with Crippen LogP contribution in [0.1, 0.15) is 431 Å². The molecular formula is C80H159N2O6P. The fraction of sp³-hybridized carbons (Fsp3) is 0.938. The van der Waals surface area contributed by atoms with Gasteiger partial charge in [-0.15, -0.1) is 0 Å². The molecule has 0 aliphatic carbocycles. The molecule has 0 rings (SSSR count). The first-order chi connectivity index (χ1) is 43.5. The van der Waals surface area contributed by atoms with E-state index < -0.39 is 20.0 Å². The minimum absolute atomic E-state index is 0.0159. The van der Waals surface area contributed by atoms with Crippen molar-refractivity contribution in [1.82, 2.24) is 5.32 Å². The highest BCUT2D eigenvalue weighted by Gasteiger charge is 2.24. The number of phosphoric ester groups is 1. The fourth-order valence-electron chi connectivity index (χ4n) is 12.7. The van der Waals surface area contributed by atoms with E-state index in [1.807, 2.05) is 21.1 Å². The van der Waals surface area contributed by atoms with Crippen LogP contribution in [0.2, 0.25) is 0 Å². The summed E-state index contributed by atoms with van der Waals surface area (Å²) in [5.74, 6) is -0.153. The maximum Gasteiger partial charge on any atom is 0.268 e. The molecule has 8 nitrogen and oxygen atoms in total. The number of carbonyl (C=O) groups excluding carboxylic acids is 1. The number of aliphatic hydroxyl groups excluding tert-OH is 1. The second kappa shape index (κ2) is 71.3. The van der Waals surface area contributed by atoms with E-state index in [2.05, 4.69) is 43.5 Å². The molecule has 0 aromatic rings. The Kier molecular flexibility index (Phi) is 70.5. The second-order valence-electron chi connectivity index (χ2n) is 29.1. The zero-order valence-electron chi connectivity index (χ0n) is 60.9. The molecule has 0 bridgehead atoms. The fourth-order valence-corrected chi connectivity index (χ4v) is 13.4. The van der Waals surface area contributed by atoms with Crippen LogP contribution in [0.25, 0.3) is 0 Å². The summed E-state index contributed by atoms with van der Waals surface area (Å²) in [4.78, 5) is 25.7. The van der Waals surface area contributed by atoms with Crippen LogP contribution >= 0.6 is 7.82 Å². The van der Waals surface area contributed by atoms with E-state index in [9.17, 15) is 19.4 Å². The Balaban J connectivity index is 3.88. The lowest BCUT2D eigenvalue weighted by Gasteiger charge is -2.30. The molecule has 0 spiro atoms. The molecule has 0 aliphatic heterocycles. The molecule has 9 heteroatoms. The van der Waals surface area contributed by atoms with Gasteiger partial charge in [-0.2, -0.15) is 0 Å². The SMILES string of the molecule is CCCCCCC/C=C\C/C=C\CCCCCCCCCCCCCCCCCCCCCCCCCCCCCC(=O)NC(COP(=O)([O-])OCC[N+](C)(C)C)C(O)CCCCCCCCCCCCCCCCCCCCCCCCCCCCCC. The van der Waals surface area contributed by atoms with E-state index in [1.165, 1.54) is 360 Å². The van der Waals surface area contributed by atoms with Crippen LogP contribution in [-0.2, 0) is 18.4 Å². The lowest BCUT2D eigenvalue weighted by Crippen LogP contribution is -2.46. The Labute approximate surface area is 557 Å². The first-order valence-electron chi connectivity index (χ1n) is 40.2. The highest BCUT2D eigenvalue weighted by molar-refractivity contribution is 7.45. The Bertz CT molecular complexity index is 1500. The number of quaternary nitrogens is 1. The van der Waals surface area contributed by atoms with E-state index in [0.717, 1.165) is 44.9 Å². The number of phosphoric acid groups is 1. The molecule has 0 aromatic heterocycles. The van der Waals surface area contributed by atoms with Gasteiger partial charge in [-0.05, 0) is 44.9 Å². The standard InChI is InChI=1S/C80H159N2O6P/c1-6-8-10-12-14-16-18-20-22-24-26-28-30-32-34-36-37-38-39-40-41-42-43-44-45-46-48-50-52-54-56-58-60-62-64-66-68-70-72-74-80(84)81-78(77-88-89(85,86)87-76-75-82(3,4)5)79(83)73-71-69-67-65-63-61-59-57-55-53-51-49-47-35-33-31-29-27-25-23-21-19-17-15-13-11-9-7-2/h18,20,24,26,78-79,83H,6-17,19,21-23,25,27-77H2,1-5H3,(H-,81,84,85,86)/b20-18-,26-24-. The molecule has 2 N–H and O–H groups in total. The molecule has 1 amide bonds. The molecule has 0 saturated carbocycles. The van der Waals surface area contributed by atoms with E-state index in [4.69, 9.17) is 9.05 Å². The molecule has 3 unspecified atom stereocenters. The van der Waals surface area contributed by atoms with Crippen molar-refractivity contribution in [2.45, 2.75) is 443 Å². The summed E-state index contributed by atoms with van der Waals surface area (Å²) in [6, 6.07) is -0.799. The van der Waals surface area contributed by atoms with Crippen LogP contribution in [0.5, 0.6) is 0 Å². The lowest BCUT2D eigenvalue weighted by molar-refractivity contribution is -0.870. The summed E-state index contributed by atoms with van der Waals surface area (Å²) >= 11 is 0. The Morgan fingerprint density at radius 2 is 0.652 bits per heavy atom. The normalized spacial score (nSPS) is 13.6. The van der Waals surface area contributed by atoms with Gasteiger partial charge in [0.2, 0.25) is 5.91 Å². The van der Waals surface area contributed by atoms with Crippen LogP contribution in [0, 0.1) is 0 Å². The van der Waals surface area contributed by atoms with Gasteiger partial charge < -0.3 is 28.8 Å². The third-order valence-corrected chi connectivity index (χ3v) is 19.9. The number of amides is 1. The van der Waals surface area contributed by atoms with Crippen molar-refractivity contribution in [3.8, 4) is 0 Å². The molecule has 3 atom stereocenters. The number of carbonyl (C=O) groups is 1. The minimum Gasteiger partial charge on any atom is -0.756 e. The van der Waals surface area contributed by atoms with Crippen molar-refractivity contribution in [2.75, 3.05) is 40.9 Å². The smallest absolute Gasteiger partial charge is 0.268 e. The molecular weight excluding hydrogens is 1120 g/mol. The van der Waals surface area contributed by atoms with Gasteiger partial charge >= 0.3 is 0 Å². The summed E-state index contributed by atoms with van der Waals surface area (Å²) in [7, 11) is 1.33. The number of unbranched alkanes of at least 4 members (excludes halogenated alkanes) is 59. The molecule has 0 aliphatic rings. The van der Waals surface area contributed by atoms with Gasteiger partial charge in [-0.1, -0.05) is 404 Å². The van der Waals surface area contributed by atoms with Crippen LogP contribution in [-0.4, -0.2) is 68.5 Å². The summed E-state index contributed by atoms with van der Waals surface area (Å²) in [5.41, 5.74) is 0. The summed E-state index contributed by atoms with van der Waals surface area (Å²) in [5, 5.41) is 14.1. The maximum atomic E-state index is 13.1. The topological polar surface area (TPSA) is 108 Å². The number of nitrogens with one attached hydrogen (secondary N) is 1. The first kappa shape index (κ1) is 88.0. The Morgan fingerprint density at radius 1 is 0.393 bits per heavy atom. The predicted molar refractivity (Wildman–Crippen MR) is 390 cm³/mol. The molecule has 0 aromatic carbocycles. The number of hydrogen-bond acceptors (Lipinski definition) is 6. The highest BCUT2D eigenvalue weighted by atomic mass is 31.2. The average molecular weight is 1280 g/mol. The van der Waals surface area contributed by atoms with Crippen molar-refractivity contribution in [3.63, 3.8) is 0 Å². The monoisotopic (exact) mass is 1280 g/mol. The quantitative estimate of drug-likeness (QED) is 0.0272. The van der Waals surface area contributed by atoms with Crippen molar-refractivity contribution in [3.05, 3.63) is 24.3 Å². The largest absolute Gasteiger partial charge is 0.756 e. The van der Waals surface area contributed by atoms with E-state index in [0.29, 0.717) is 23.9 Å². The van der Waals surface area contributed by atoms with Crippen molar-refractivity contribution >= 4 is 13.7 Å². The third kappa shape index (κ3) is 74.2. The van der Waals surface area contributed by atoms with Crippen molar-refractivity contribution in [2.24, 2.45) is 0 Å². The lowest BCUT2D eigenvalue weighted by atomic mass is 10.0. The zero-order valence-corrected chi connectivity index (χ0v) is 61.8. The van der Waals surface area contributed by atoms with Gasteiger partial charge in [-0.25, -0.2) is 0 Å². The molecule has 0 heterocycles. The summed E-state index contributed by atoms with van der Waals surface area (Å²) < 4.78 is 23.6. The summed E-state index contributed by atoms with van der Waals surface area (Å²) in [6.07, 6.45) is 94.5. The van der Waals surface area contributed by atoms with Crippen LogP contribution < -0.4 is 10.2 Å². The first-order valence-corrected chi connectivity index (χ1v) is 41.6. The van der Waals surface area contributed by atoms with Gasteiger partial charge in [0.05, 0.1) is 39.9 Å². The summed E-state index contributed by atoms with van der Waals surface area (Å²) in [6.45, 7) is 4.79. The number of rotatable bonds is 76. The maximum absolute atomic E-state index is 13.1. The van der Waals surface area contributed by atoms with Gasteiger partial charge in [0.1, 0.15) is 13.2 Å². The Morgan fingerprint density at radius 3 is 0.933 bits per heavy atom.